The van der Waals surface area contributed by atoms with Crippen molar-refractivity contribution in [3.63, 3.8) is 0 Å². The molecule has 0 radical (unpaired) electrons. The second-order valence-electron chi connectivity index (χ2n) is 5.33. The van der Waals surface area contributed by atoms with Crippen LogP contribution in [-0.2, 0) is 10.0 Å². The van der Waals surface area contributed by atoms with Gasteiger partial charge in [-0.25, -0.2) is 22.7 Å². The zero-order chi connectivity index (χ0) is 15.5. The van der Waals surface area contributed by atoms with Crippen molar-refractivity contribution in [2.24, 2.45) is 0 Å². The number of rotatable bonds is 8. The molecule has 7 nitrogen and oxygen atoms in total. The predicted octanol–water partition coefficient (Wildman–Crippen LogP) is 1.09. The van der Waals surface area contributed by atoms with Gasteiger partial charge >= 0.3 is 0 Å². The van der Waals surface area contributed by atoms with Gasteiger partial charge in [0.2, 0.25) is 10.0 Å². The summed E-state index contributed by atoms with van der Waals surface area (Å²) in [4.78, 5) is 8.95. The molecule has 1 fully saturated rings. The molecule has 1 saturated carbocycles. The monoisotopic (exact) mass is 313 g/mol. The lowest BCUT2D eigenvalue weighted by molar-refractivity contribution is 0.521. The maximum absolute atomic E-state index is 11.7. The van der Waals surface area contributed by atoms with Gasteiger partial charge in [0.1, 0.15) is 17.5 Å². The first kappa shape index (κ1) is 16.0. The van der Waals surface area contributed by atoms with E-state index < -0.39 is 10.0 Å². The molecular formula is C13H23N5O2S. The zero-order valence-electron chi connectivity index (χ0n) is 12.8. The lowest BCUT2D eigenvalue weighted by atomic mass is 10.3. The summed E-state index contributed by atoms with van der Waals surface area (Å²) in [6.45, 7) is 3.12. The fourth-order valence-electron chi connectivity index (χ4n) is 1.84. The first-order chi connectivity index (χ1) is 9.92. The molecule has 1 aromatic heterocycles. The van der Waals surface area contributed by atoms with E-state index >= 15 is 0 Å². The van der Waals surface area contributed by atoms with Crippen LogP contribution >= 0.6 is 0 Å². The van der Waals surface area contributed by atoms with E-state index in [4.69, 9.17) is 0 Å². The molecule has 0 aromatic carbocycles. The van der Waals surface area contributed by atoms with E-state index in [9.17, 15) is 8.42 Å². The third-order valence-corrected chi connectivity index (χ3v) is 5.10. The summed E-state index contributed by atoms with van der Waals surface area (Å²) in [5.74, 6) is 2.80. The lowest BCUT2D eigenvalue weighted by Gasteiger charge is -2.13. The standard InChI is InChI=1S/C13H23N5O2S/c1-4-14-11-9-12(17-13(16-11)10-5-6-10)15-7-8-21(19,20)18(2)3/h9-10H,4-8H2,1-3H3,(H2,14,15,16,17). The van der Waals surface area contributed by atoms with Crippen molar-refractivity contribution < 1.29 is 8.42 Å². The average molecular weight is 313 g/mol. The van der Waals surface area contributed by atoms with Crippen molar-refractivity contribution >= 4 is 21.7 Å². The summed E-state index contributed by atoms with van der Waals surface area (Å²) in [6, 6.07) is 1.82. The van der Waals surface area contributed by atoms with Gasteiger partial charge in [0.25, 0.3) is 0 Å². The fraction of sp³-hybridized carbons (Fsp3) is 0.692. The Hall–Kier alpha value is -1.41. The Kier molecular flexibility index (Phi) is 5.00. The number of nitrogens with zero attached hydrogens (tertiary/aromatic N) is 3. The summed E-state index contributed by atoms with van der Waals surface area (Å²) < 4.78 is 24.7. The SMILES string of the molecule is CCNc1cc(NCCS(=O)(=O)N(C)C)nc(C2CC2)n1. The van der Waals surface area contributed by atoms with Gasteiger partial charge in [0.15, 0.2) is 0 Å². The minimum Gasteiger partial charge on any atom is -0.370 e. The van der Waals surface area contributed by atoms with Crippen LogP contribution in [0.3, 0.4) is 0 Å². The maximum Gasteiger partial charge on any atom is 0.215 e. The van der Waals surface area contributed by atoms with Crippen LogP contribution in [0.25, 0.3) is 0 Å². The third-order valence-electron chi connectivity index (χ3n) is 3.27. The molecule has 1 heterocycles. The minimum absolute atomic E-state index is 0.0410. The third kappa shape index (κ3) is 4.53. The van der Waals surface area contributed by atoms with Crippen molar-refractivity contribution in [1.82, 2.24) is 14.3 Å². The molecule has 0 bridgehead atoms. The molecule has 0 saturated heterocycles. The Morgan fingerprint density at radius 3 is 2.38 bits per heavy atom. The molecule has 1 aliphatic carbocycles. The molecule has 1 aliphatic rings. The zero-order valence-corrected chi connectivity index (χ0v) is 13.6. The maximum atomic E-state index is 11.7. The molecular weight excluding hydrogens is 290 g/mol. The first-order valence-corrected chi connectivity index (χ1v) is 8.80. The molecule has 0 atom stereocenters. The molecule has 118 valence electrons. The number of anilines is 2. The van der Waals surface area contributed by atoms with Crippen molar-refractivity contribution in [2.45, 2.75) is 25.7 Å². The topological polar surface area (TPSA) is 87.2 Å². The summed E-state index contributed by atoms with van der Waals surface area (Å²) in [5.41, 5.74) is 0. The largest absolute Gasteiger partial charge is 0.370 e. The Balaban J connectivity index is 2.02. The minimum atomic E-state index is -3.19. The predicted molar refractivity (Wildman–Crippen MR) is 84.1 cm³/mol. The van der Waals surface area contributed by atoms with Crippen LogP contribution < -0.4 is 10.6 Å². The average Bonchev–Trinajstić information content (AvgIpc) is 3.22. The van der Waals surface area contributed by atoms with E-state index in [1.807, 2.05) is 13.0 Å². The first-order valence-electron chi connectivity index (χ1n) is 7.19. The molecule has 0 spiro atoms. The van der Waals surface area contributed by atoms with Crippen molar-refractivity contribution in [3.8, 4) is 0 Å². The van der Waals surface area contributed by atoms with Gasteiger partial charge in [-0.2, -0.15) is 0 Å². The molecule has 21 heavy (non-hydrogen) atoms. The van der Waals surface area contributed by atoms with Crippen LogP contribution in [0.2, 0.25) is 0 Å². The number of hydrogen-bond donors (Lipinski definition) is 2. The molecule has 1 aromatic rings. The summed E-state index contributed by atoms with van der Waals surface area (Å²) >= 11 is 0. The van der Waals surface area contributed by atoms with Crippen LogP contribution in [0.1, 0.15) is 31.5 Å². The van der Waals surface area contributed by atoms with Gasteiger partial charge in [-0.3, -0.25) is 0 Å². The van der Waals surface area contributed by atoms with Crippen LogP contribution in [0, 0.1) is 0 Å². The quantitative estimate of drug-likeness (QED) is 0.747. The Bertz CT molecular complexity index is 584. The van der Waals surface area contributed by atoms with Crippen LogP contribution in [0.15, 0.2) is 6.07 Å². The summed E-state index contributed by atoms with van der Waals surface area (Å²) in [5, 5.41) is 6.26. The van der Waals surface area contributed by atoms with E-state index in [0.717, 1.165) is 31.0 Å². The highest BCUT2D eigenvalue weighted by atomic mass is 32.2. The number of aromatic nitrogens is 2. The highest BCUT2D eigenvalue weighted by Crippen LogP contribution is 2.38. The van der Waals surface area contributed by atoms with E-state index in [1.165, 1.54) is 18.4 Å². The van der Waals surface area contributed by atoms with Gasteiger partial charge in [0.05, 0.1) is 5.75 Å². The molecule has 2 N–H and O–H groups in total. The molecule has 2 rings (SSSR count). The fourth-order valence-corrected chi connectivity index (χ4v) is 2.57. The number of sulfonamides is 1. The van der Waals surface area contributed by atoms with Crippen LogP contribution in [0.5, 0.6) is 0 Å². The van der Waals surface area contributed by atoms with Gasteiger partial charge in [0, 0.05) is 39.2 Å². The molecule has 8 heteroatoms. The second kappa shape index (κ2) is 6.57. The van der Waals surface area contributed by atoms with E-state index in [2.05, 4.69) is 20.6 Å². The van der Waals surface area contributed by atoms with Crippen LogP contribution in [-0.4, -0.2) is 55.6 Å². The number of hydrogen-bond acceptors (Lipinski definition) is 6. The molecule has 0 unspecified atom stereocenters. The van der Waals surface area contributed by atoms with E-state index in [0.29, 0.717) is 18.3 Å². The van der Waals surface area contributed by atoms with Gasteiger partial charge in [-0.05, 0) is 19.8 Å². The normalized spacial score (nSPS) is 15.2. The highest BCUT2D eigenvalue weighted by molar-refractivity contribution is 7.89. The summed E-state index contributed by atoms with van der Waals surface area (Å²) in [7, 11) is -0.119. The van der Waals surface area contributed by atoms with Gasteiger partial charge in [-0.1, -0.05) is 0 Å². The van der Waals surface area contributed by atoms with Gasteiger partial charge in [-0.15, -0.1) is 0 Å². The molecule has 0 amide bonds. The van der Waals surface area contributed by atoms with Gasteiger partial charge < -0.3 is 10.6 Å². The van der Waals surface area contributed by atoms with Crippen molar-refractivity contribution in [1.29, 1.82) is 0 Å². The Morgan fingerprint density at radius 1 is 1.24 bits per heavy atom. The van der Waals surface area contributed by atoms with E-state index in [1.54, 1.807) is 0 Å². The molecule has 0 aliphatic heterocycles. The van der Waals surface area contributed by atoms with Crippen molar-refractivity contribution in [3.05, 3.63) is 11.9 Å². The Morgan fingerprint density at radius 2 is 1.86 bits per heavy atom. The highest BCUT2D eigenvalue weighted by Gasteiger charge is 2.27. The smallest absolute Gasteiger partial charge is 0.215 e. The second-order valence-corrected chi connectivity index (χ2v) is 7.63. The number of nitrogens with one attached hydrogen (secondary N) is 2. The Labute approximate surface area is 126 Å². The van der Waals surface area contributed by atoms with E-state index in [-0.39, 0.29) is 5.75 Å². The summed E-state index contributed by atoms with van der Waals surface area (Å²) in [6.07, 6.45) is 2.26. The van der Waals surface area contributed by atoms with Crippen LogP contribution in [0.4, 0.5) is 11.6 Å². The lowest BCUT2D eigenvalue weighted by Crippen LogP contribution is -2.28. The van der Waals surface area contributed by atoms with Crippen molar-refractivity contribution in [2.75, 3.05) is 43.6 Å².